The molecule has 88 valence electrons. The Balaban J connectivity index is 1.87. The maximum atomic E-state index is 11.8. The van der Waals surface area contributed by atoms with Crippen LogP contribution in [0.3, 0.4) is 0 Å². The maximum absolute atomic E-state index is 11.8. The van der Waals surface area contributed by atoms with Gasteiger partial charge in [-0.25, -0.2) is 0 Å². The van der Waals surface area contributed by atoms with Gasteiger partial charge in [-0.2, -0.15) is 0 Å². The summed E-state index contributed by atoms with van der Waals surface area (Å²) in [6.07, 6.45) is 2.95. The van der Waals surface area contributed by atoms with E-state index in [-0.39, 0.29) is 17.9 Å². The van der Waals surface area contributed by atoms with Crippen LogP contribution in [0.4, 0.5) is 0 Å². The molecule has 1 aliphatic rings. The van der Waals surface area contributed by atoms with Crippen LogP contribution >= 0.6 is 11.5 Å². The molecule has 2 N–H and O–H groups in total. The molecule has 0 aromatic carbocycles. The highest BCUT2D eigenvalue weighted by atomic mass is 32.1. The van der Waals surface area contributed by atoms with Crippen molar-refractivity contribution in [3.8, 4) is 0 Å². The first-order valence-corrected chi connectivity index (χ1v) is 6.12. The minimum Gasteiger partial charge on any atom is -0.396 e. The van der Waals surface area contributed by atoms with E-state index in [2.05, 4.69) is 14.9 Å². The first-order chi connectivity index (χ1) is 7.67. The van der Waals surface area contributed by atoms with E-state index in [1.54, 1.807) is 6.92 Å². The number of amides is 1. The predicted octanol–water partition coefficient (Wildman–Crippen LogP) is 0.739. The Morgan fingerprint density at radius 3 is 2.88 bits per heavy atom. The quantitative estimate of drug-likeness (QED) is 0.797. The second-order valence-electron chi connectivity index (χ2n) is 4.34. The van der Waals surface area contributed by atoms with Crippen molar-refractivity contribution in [2.75, 3.05) is 13.2 Å². The molecule has 0 spiro atoms. The minimum atomic E-state index is -0.100. The minimum absolute atomic E-state index is 0.100. The normalized spacial score (nSPS) is 17.1. The van der Waals surface area contributed by atoms with Gasteiger partial charge in [0.2, 0.25) is 0 Å². The van der Waals surface area contributed by atoms with Gasteiger partial charge in [-0.15, -0.1) is 5.10 Å². The third-order valence-electron chi connectivity index (χ3n) is 3.08. The first kappa shape index (κ1) is 11.5. The predicted molar refractivity (Wildman–Crippen MR) is 60.3 cm³/mol. The SMILES string of the molecule is Cc1nnsc1C(=O)NCC1(CCO)CC1. The number of aliphatic hydroxyl groups excluding tert-OH is 1. The van der Waals surface area contributed by atoms with E-state index in [1.165, 1.54) is 0 Å². The van der Waals surface area contributed by atoms with Crippen LogP contribution in [0.25, 0.3) is 0 Å². The molecule has 1 aromatic heterocycles. The number of aromatic nitrogens is 2. The molecule has 1 aliphatic carbocycles. The number of hydrogen-bond acceptors (Lipinski definition) is 5. The first-order valence-electron chi connectivity index (χ1n) is 5.35. The summed E-state index contributed by atoms with van der Waals surface area (Å²) >= 11 is 1.12. The van der Waals surface area contributed by atoms with Gasteiger partial charge in [0.15, 0.2) is 0 Å². The lowest BCUT2D eigenvalue weighted by Crippen LogP contribution is -2.30. The van der Waals surface area contributed by atoms with Crippen LogP contribution in [-0.2, 0) is 0 Å². The maximum Gasteiger partial charge on any atom is 0.264 e. The van der Waals surface area contributed by atoms with Crippen molar-refractivity contribution in [2.24, 2.45) is 5.41 Å². The molecule has 0 unspecified atom stereocenters. The number of hydrogen-bond donors (Lipinski definition) is 2. The second-order valence-corrected chi connectivity index (χ2v) is 5.10. The molecule has 1 fully saturated rings. The molecule has 16 heavy (non-hydrogen) atoms. The number of carbonyl (C=O) groups excluding carboxylic acids is 1. The number of rotatable bonds is 5. The molecular formula is C10H15N3O2S. The Kier molecular flexibility index (Phi) is 3.20. The lowest BCUT2D eigenvalue weighted by molar-refractivity contribution is 0.0944. The Labute approximate surface area is 98.0 Å². The van der Waals surface area contributed by atoms with Crippen LogP contribution in [0.1, 0.15) is 34.6 Å². The Hall–Kier alpha value is -1.01. The Morgan fingerprint density at radius 2 is 2.38 bits per heavy atom. The number of aliphatic hydroxyl groups is 1. The van der Waals surface area contributed by atoms with Crippen molar-refractivity contribution in [3.63, 3.8) is 0 Å². The van der Waals surface area contributed by atoms with Crippen LogP contribution in [-0.4, -0.2) is 33.8 Å². The third-order valence-corrected chi connectivity index (χ3v) is 3.91. The van der Waals surface area contributed by atoms with Crippen LogP contribution < -0.4 is 5.32 Å². The number of nitrogens with one attached hydrogen (secondary N) is 1. The van der Waals surface area contributed by atoms with Gasteiger partial charge in [0.05, 0.1) is 5.69 Å². The van der Waals surface area contributed by atoms with Crippen molar-refractivity contribution >= 4 is 17.4 Å². The van der Waals surface area contributed by atoms with Gasteiger partial charge in [-0.3, -0.25) is 4.79 Å². The summed E-state index contributed by atoms with van der Waals surface area (Å²) in [5.41, 5.74) is 0.825. The fraction of sp³-hybridized carbons (Fsp3) is 0.700. The van der Waals surface area contributed by atoms with Crippen molar-refractivity contribution < 1.29 is 9.90 Å². The summed E-state index contributed by atoms with van der Waals surface area (Å²) in [5.74, 6) is -0.100. The van der Waals surface area contributed by atoms with Gasteiger partial charge in [-0.1, -0.05) is 4.49 Å². The van der Waals surface area contributed by atoms with E-state index in [0.717, 1.165) is 30.8 Å². The van der Waals surface area contributed by atoms with Gasteiger partial charge < -0.3 is 10.4 Å². The standard InChI is InChI=1S/C10H15N3O2S/c1-7-8(16-13-12-7)9(15)11-6-10(2-3-10)4-5-14/h14H,2-6H2,1H3,(H,11,15). The van der Waals surface area contributed by atoms with E-state index in [9.17, 15) is 4.79 Å². The van der Waals surface area contributed by atoms with E-state index in [1.807, 2.05) is 0 Å². The van der Waals surface area contributed by atoms with E-state index in [4.69, 9.17) is 5.11 Å². The van der Waals surface area contributed by atoms with E-state index < -0.39 is 0 Å². The molecule has 1 amide bonds. The molecule has 0 bridgehead atoms. The number of aryl methyl sites for hydroxylation is 1. The smallest absolute Gasteiger partial charge is 0.264 e. The fourth-order valence-electron chi connectivity index (χ4n) is 1.72. The summed E-state index contributed by atoms with van der Waals surface area (Å²) in [7, 11) is 0. The summed E-state index contributed by atoms with van der Waals surface area (Å²) in [6, 6.07) is 0. The van der Waals surface area contributed by atoms with Crippen molar-refractivity contribution in [2.45, 2.75) is 26.2 Å². The molecule has 6 heteroatoms. The van der Waals surface area contributed by atoms with Gasteiger partial charge in [0.1, 0.15) is 4.88 Å². The summed E-state index contributed by atoms with van der Waals surface area (Å²) in [5, 5.41) is 15.6. The molecule has 1 aromatic rings. The molecule has 0 saturated heterocycles. The zero-order chi connectivity index (χ0) is 11.6. The molecular weight excluding hydrogens is 226 g/mol. The van der Waals surface area contributed by atoms with E-state index in [0.29, 0.717) is 17.1 Å². The van der Waals surface area contributed by atoms with Gasteiger partial charge in [0, 0.05) is 13.2 Å². The fourth-order valence-corrected chi connectivity index (χ4v) is 2.29. The van der Waals surface area contributed by atoms with Crippen LogP contribution in [0.2, 0.25) is 0 Å². The molecule has 0 radical (unpaired) electrons. The average molecular weight is 241 g/mol. The molecule has 1 heterocycles. The molecule has 5 nitrogen and oxygen atoms in total. The van der Waals surface area contributed by atoms with Crippen LogP contribution in [0, 0.1) is 12.3 Å². The largest absolute Gasteiger partial charge is 0.396 e. The Morgan fingerprint density at radius 1 is 1.62 bits per heavy atom. The number of nitrogens with zero attached hydrogens (tertiary/aromatic N) is 2. The van der Waals surface area contributed by atoms with Crippen molar-refractivity contribution in [1.82, 2.24) is 14.9 Å². The lowest BCUT2D eigenvalue weighted by atomic mass is 10.0. The Bertz CT molecular complexity index is 387. The van der Waals surface area contributed by atoms with Crippen molar-refractivity contribution in [3.05, 3.63) is 10.6 Å². The second kappa shape index (κ2) is 4.47. The molecule has 1 saturated carbocycles. The lowest BCUT2D eigenvalue weighted by Gasteiger charge is -2.13. The molecule has 2 rings (SSSR count). The van der Waals surface area contributed by atoms with Gasteiger partial charge >= 0.3 is 0 Å². The highest BCUT2D eigenvalue weighted by molar-refractivity contribution is 7.07. The highest BCUT2D eigenvalue weighted by Gasteiger charge is 2.42. The molecule has 0 atom stereocenters. The zero-order valence-corrected chi connectivity index (χ0v) is 10.0. The monoisotopic (exact) mass is 241 g/mol. The summed E-state index contributed by atoms with van der Waals surface area (Å²) < 4.78 is 3.73. The van der Waals surface area contributed by atoms with Gasteiger partial charge in [-0.05, 0) is 43.1 Å². The van der Waals surface area contributed by atoms with Crippen LogP contribution in [0.5, 0.6) is 0 Å². The topological polar surface area (TPSA) is 75.1 Å². The average Bonchev–Trinajstić information content (AvgIpc) is 2.89. The highest BCUT2D eigenvalue weighted by Crippen LogP contribution is 2.47. The summed E-state index contributed by atoms with van der Waals surface area (Å²) in [4.78, 5) is 12.3. The zero-order valence-electron chi connectivity index (χ0n) is 9.19. The third kappa shape index (κ3) is 2.38. The van der Waals surface area contributed by atoms with E-state index >= 15 is 0 Å². The van der Waals surface area contributed by atoms with Crippen LogP contribution in [0.15, 0.2) is 0 Å². The number of carbonyl (C=O) groups is 1. The van der Waals surface area contributed by atoms with Gasteiger partial charge in [0.25, 0.3) is 5.91 Å². The van der Waals surface area contributed by atoms with Crippen molar-refractivity contribution in [1.29, 1.82) is 0 Å². The summed E-state index contributed by atoms with van der Waals surface area (Å²) in [6.45, 7) is 2.61. The molecule has 0 aliphatic heterocycles.